The molecule has 1 aromatic carbocycles. The van der Waals surface area contributed by atoms with Crippen molar-refractivity contribution in [3.63, 3.8) is 0 Å². The lowest BCUT2D eigenvalue weighted by Crippen LogP contribution is -2.14. The van der Waals surface area contributed by atoms with E-state index in [1.54, 1.807) is 19.1 Å². The first-order chi connectivity index (χ1) is 11.9. The predicted molar refractivity (Wildman–Crippen MR) is 95.2 cm³/mol. The van der Waals surface area contributed by atoms with Gasteiger partial charge in [-0.3, -0.25) is 4.79 Å². The summed E-state index contributed by atoms with van der Waals surface area (Å²) in [6, 6.07) is 7.42. The van der Waals surface area contributed by atoms with Crippen LogP contribution in [0.25, 0.3) is 0 Å². The summed E-state index contributed by atoms with van der Waals surface area (Å²) in [5.41, 5.74) is 4.63. The first-order valence-corrected chi connectivity index (χ1v) is 7.84. The third-order valence-electron chi connectivity index (χ3n) is 3.70. The standard InChI is InChI=1S/C18H19N5O2/c1-10-5-11(2)17(12(3)6-10)21-15-8-14(19-9-20-15)18(24)22-16-7-13(4)25-23-16/h5-9H,1-4H3,(H,19,20,21)(H,22,23,24). The van der Waals surface area contributed by atoms with E-state index in [4.69, 9.17) is 4.52 Å². The smallest absolute Gasteiger partial charge is 0.275 e. The summed E-state index contributed by atoms with van der Waals surface area (Å²) >= 11 is 0. The van der Waals surface area contributed by atoms with Gasteiger partial charge in [-0.05, 0) is 38.8 Å². The zero-order chi connectivity index (χ0) is 18.0. The average Bonchev–Trinajstić information content (AvgIpc) is 2.96. The number of aryl methyl sites for hydroxylation is 4. The van der Waals surface area contributed by atoms with Crippen LogP contribution in [0.5, 0.6) is 0 Å². The Morgan fingerprint density at radius 3 is 2.32 bits per heavy atom. The van der Waals surface area contributed by atoms with Crippen LogP contribution in [-0.4, -0.2) is 21.0 Å². The molecule has 2 heterocycles. The van der Waals surface area contributed by atoms with Gasteiger partial charge < -0.3 is 15.2 Å². The highest BCUT2D eigenvalue weighted by atomic mass is 16.5. The second kappa shape index (κ2) is 6.72. The number of amides is 1. The summed E-state index contributed by atoms with van der Waals surface area (Å²) in [6.07, 6.45) is 1.35. The van der Waals surface area contributed by atoms with Gasteiger partial charge in [0, 0.05) is 17.8 Å². The van der Waals surface area contributed by atoms with E-state index in [1.807, 2.05) is 13.8 Å². The van der Waals surface area contributed by atoms with Gasteiger partial charge in [-0.15, -0.1) is 0 Å². The number of carbonyl (C=O) groups excluding carboxylic acids is 1. The Morgan fingerprint density at radius 2 is 1.68 bits per heavy atom. The number of carbonyl (C=O) groups is 1. The molecule has 2 aromatic heterocycles. The SMILES string of the molecule is Cc1cc(C)c(Nc2cc(C(=O)Nc3cc(C)on3)ncn2)c(C)c1. The molecule has 3 rings (SSSR count). The van der Waals surface area contributed by atoms with Crippen LogP contribution in [0.3, 0.4) is 0 Å². The quantitative estimate of drug-likeness (QED) is 0.754. The highest BCUT2D eigenvalue weighted by Crippen LogP contribution is 2.25. The van der Waals surface area contributed by atoms with E-state index in [0.29, 0.717) is 17.4 Å². The van der Waals surface area contributed by atoms with Gasteiger partial charge in [-0.1, -0.05) is 22.9 Å². The number of benzene rings is 1. The number of nitrogens with one attached hydrogen (secondary N) is 2. The van der Waals surface area contributed by atoms with E-state index in [9.17, 15) is 4.79 Å². The molecule has 0 aliphatic carbocycles. The molecule has 1 amide bonds. The Labute approximate surface area is 145 Å². The first-order valence-electron chi connectivity index (χ1n) is 7.84. The summed E-state index contributed by atoms with van der Waals surface area (Å²) in [5, 5.41) is 9.64. The van der Waals surface area contributed by atoms with Crippen molar-refractivity contribution in [3.8, 4) is 0 Å². The normalized spacial score (nSPS) is 10.6. The second-order valence-corrected chi connectivity index (χ2v) is 5.96. The highest BCUT2D eigenvalue weighted by molar-refractivity contribution is 6.02. The average molecular weight is 337 g/mol. The van der Waals surface area contributed by atoms with Crippen LogP contribution in [0.4, 0.5) is 17.3 Å². The summed E-state index contributed by atoms with van der Waals surface area (Å²) in [6.45, 7) is 7.87. The molecule has 0 spiro atoms. The van der Waals surface area contributed by atoms with Crippen molar-refractivity contribution in [2.24, 2.45) is 0 Å². The van der Waals surface area contributed by atoms with E-state index < -0.39 is 0 Å². The molecule has 2 N–H and O–H groups in total. The van der Waals surface area contributed by atoms with Gasteiger partial charge in [-0.25, -0.2) is 9.97 Å². The number of hydrogen-bond donors (Lipinski definition) is 2. The van der Waals surface area contributed by atoms with Crippen molar-refractivity contribution in [1.29, 1.82) is 0 Å². The number of nitrogens with zero attached hydrogens (tertiary/aromatic N) is 3. The predicted octanol–water partition coefficient (Wildman–Crippen LogP) is 3.69. The van der Waals surface area contributed by atoms with Crippen molar-refractivity contribution < 1.29 is 9.32 Å². The van der Waals surface area contributed by atoms with Gasteiger partial charge in [0.2, 0.25) is 0 Å². The minimum absolute atomic E-state index is 0.237. The largest absolute Gasteiger partial charge is 0.360 e. The number of anilines is 3. The topological polar surface area (TPSA) is 92.9 Å². The Bertz CT molecular complexity index is 910. The molecule has 25 heavy (non-hydrogen) atoms. The van der Waals surface area contributed by atoms with Gasteiger partial charge in [0.1, 0.15) is 23.6 Å². The molecule has 0 atom stereocenters. The third-order valence-corrected chi connectivity index (χ3v) is 3.70. The molecule has 0 aliphatic rings. The number of rotatable bonds is 4. The Balaban J connectivity index is 1.81. The van der Waals surface area contributed by atoms with Crippen molar-refractivity contribution >= 4 is 23.2 Å². The summed E-state index contributed by atoms with van der Waals surface area (Å²) in [5.74, 6) is 1.13. The fraction of sp³-hybridized carbons (Fsp3) is 0.222. The van der Waals surface area contributed by atoms with E-state index in [2.05, 4.69) is 44.8 Å². The Morgan fingerprint density at radius 1 is 0.960 bits per heavy atom. The number of aromatic nitrogens is 3. The second-order valence-electron chi connectivity index (χ2n) is 5.96. The maximum Gasteiger partial charge on any atom is 0.275 e. The van der Waals surface area contributed by atoms with Gasteiger partial charge in [0.05, 0.1) is 0 Å². The lowest BCUT2D eigenvalue weighted by molar-refractivity contribution is 0.102. The van der Waals surface area contributed by atoms with Crippen molar-refractivity contribution in [1.82, 2.24) is 15.1 Å². The summed E-state index contributed by atoms with van der Waals surface area (Å²) < 4.78 is 4.93. The van der Waals surface area contributed by atoms with Crippen LogP contribution in [0.15, 0.2) is 35.1 Å². The minimum atomic E-state index is -0.379. The molecule has 0 radical (unpaired) electrons. The van der Waals surface area contributed by atoms with E-state index in [1.165, 1.54) is 11.9 Å². The molecule has 3 aromatic rings. The molecule has 0 saturated heterocycles. The molecule has 0 bridgehead atoms. The van der Waals surface area contributed by atoms with Gasteiger partial charge in [0.25, 0.3) is 5.91 Å². The molecule has 7 nitrogen and oxygen atoms in total. The van der Waals surface area contributed by atoms with Crippen LogP contribution in [0.1, 0.15) is 32.9 Å². The van der Waals surface area contributed by atoms with Crippen LogP contribution in [0.2, 0.25) is 0 Å². The van der Waals surface area contributed by atoms with Crippen LogP contribution in [0, 0.1) is 27.7 Å². The molecule has 0 saturated carbocycles. The summed E-state index contributed by atoms with van der Waals surface area (Å²) in [4.78, 5) is 20.5. The highest BCUT2D eigenvalue weighted by Gasteiger charge is 2.12. The lowest BCUT2D eigenvalue weighted by atomic mass is 10.1. The lowest BCUT2D eigenvalue weighted by Gasteiger charge is -2.13. The monoisotopic (exact) mass is 337 g/mol. The van der Waals surface area contributed by atoms with Crippen molar-refractivity contribution in [2.75, 3.05) is 10.6 Å². The number of hydrogen-bond acceptors (Lipinski definition) is 6. The molecule has 0 fully saturated rings. The third kappa shape index (κ3) is 3.82. The molecular formula is C18H19N5O2. The van der Waals surface area contributed by atoms with Gasteiger partial charge in [-0.2, -0.15) is 0 Å². The van der Waals surface area contributed by atoms with Crippen LogP contribution in [-0.2, 0) is 0 Å². The molecule has 7 heteroatoms. The minimum Gasteiger partial charge on any atom is -0.360 e. The van der Waals surface area contributed by atoms with E-state index in [-0.39, 0.29) is 11.6 Å². The van der Waals surface area contributed by atoms with Crippen molar-refractivity contribution in [3.05, 3.63) is 58.7 Å². The zero-order valence-corrected chi connectivity index (χ0v) is 14.5. The molecule has 0 aliphatic heterocycles. The van der Waals surface area contributed by atoms with E-state index in [0.717, 1.165) is 16.8 Å². The van der Waals surface area contributed by atoms with Crippen molar-refractivity contribution in [2.45, 2.75) is 27.7 Å². The Hall–Kier alpha value is -3.22. The van der Waals surface area contributed by atoms with Gasteiger partial charge >= 0.3 is 0 Å². The molecular weight excluding hydrogens is 318 g/mol. The maximum absolute atomic E-state index is 12.3. The maximum atomic E-state index is 12.3. The molecule has 128 valence electrons. The fourth-order valence-electron chi connectivity index (χ4n) is 2.66. The van der Waals surface area contributed by atoms with Gasteiger partial charge in [0.15, 0.2) is 5.82 Å². The molecule has 0 unspecified atom stereocenters. The summed E-state index contributed by atoms with van der Waals surface area (Å²) in [7, 11) is 0. The van der Waals surface area contributed by atoms with Crippen LogP contribution >= 0.6 is 0 Å². The zero-order valence-electron chi connectivity index (χ0n) is 14.5. The van der Waals surface area contributed by atoms with E-state index >= 15 is 0 Å². The van der Waals surface area contributed by atoms with Crippen LogP contribution < -0.4 is 10.6 Å². The first kappa shape index (κ1) is 16.6. The Kier molecular flexibility index (Phi) is 4.47. The fourth-order valence-corrected chi connectivity index (χ4v) is 2.66.